The largest absolute Gasteiger partial charge is 0.478 e. The van der Waals surface area contributed by atoms with E-state index in [9.17, 15) is 14.4 Å². The number of aliphatic imine (C=N–C) groups is 1. The van der Waals surface area contributed by atoms with Crippen molar-refractivity contribution in [3.63, 3.8) is 0 Å². The summed E-state index contributed by atoms with van der Waals surface area (Å²) in [6.45, 7) is 25.3. The average Bonchev–Trinajstić information content (AvgIpc) is 3.14. The maximum atomic E-state index is 12.2. The fourth-order valence-corrected chi connectivity index (χ4v) is 5.80. The highest BCUT2D eigenvalue weighted by Gasteiger charge is 2.21. The van der Waals surface area contributed by atoms with Crippen molar-refractivity contribution in [1.82, 2.24) is 9.88 Å². The summed E-state index contributed by atoms with van der Waals surface area (Å²) >= 11 is 0. The predicted octanol–water partition coefficient (Wildman–Crippen LogP) is 9.32. The Labute approximate surface area is 327 Å². The maximum absolute atomic E-state index is 12.2. The zero-order valence-electron chi connectivity index (χ0n) is 34.8. The molecule has 0 atom stereocenters. The van der Waals surface area contributed by atoms with Crippen LogP contribution < -0.4 is 11.2 Å². The molecule has 3 aromatic carbocycles. The normalized spacial score (nSPS) is 10.0. The number of nitrogens with one attached hydrogen (secondary N) is 1. The number of nitrogen functional groups attached to an aromatic ring is 1. The van der Waals surface area contributed by atoms with Crippen LogP contribution in [0.2, 0.25) is 0 Å². The Kier molecular flexibility index (Phi) is 18.8. The number of carboxylic acids is 1. The number of H-pyrrole nitrogens is 1. The molecule has 0 unspecified atom stereocenters. The second-order valence-corrected chi connectivity index (χ2v) is 13.4. The Morgan fingerprint density at radius 2 is 1.24 bits per heavy atom. The SMILES string of the molecule is C.CCC#N.COC(=O)c1c(C)c(C)c(C)c(C)c1N=CN(C)C.Cc1c(C)c(C)c(C(=O)O)c(N)c1C.Cc1c(C)c(C)c2c(=O)c(C#N)c[nH]c2c1C. The molecule has 0 aliphatic carbocycles. The number of esters is 1. The van der Waals surface area contributed by atoms with Crippen LogP contribution in [-0.4, -0.2) is 54.5 Å². The van der Waals surface area contributed by atoms with E-state index in [1.54, 1.807) is 13.3 Å². The van der Waals surface area contributed by atoms with Gasteiger partial charge in [-0.2, -0.15) is 10.5 Å². The number of methoxy groups -OCH3 is 1. The van der Waals surface area contributed by atoms with Gasteiger partial charge in [0, 0.05) is 32.4 Å². The van der Waals surface area contributed by atoms with Crippen LogP contribution in [0.4, 0.5) is 11.4 Å². The lowest BCUT2D eigenvalue weighted by Gasteiger charge is -2.17. The molecule has 0 radical (unpaired) electrons. The summed E-state index contributed by atoms with van der Waals surface area (Å²) in [5.41, 5.74) is 20.8. The average molecular weight is 753 g/mol. The van der Waals surface area contributed by atoms with E-state index >= 15 is 0 Å². The summed E-state index contributed by atoms with van der Waals surface area (Å²) in [6, 6.07) is 3.85. The Bertz CT molecular complexity index is 2220. The standard InChI is InChI=1S/C15H22N2O2.C14H14N2O.C11H15NO2.C3H5N.CH4/c1-9-10(2)12(4)14(16-8-17(5)6)13(11(9)3)15(18)19-7;1-7-8(2)10(4)13-12(9(7)3)14(17)11(5-15)6-16-13;1-5-6(2)8(4)10(12)9(7(5)3)11(13)14;1-2-3-4;/h8H,1-7H3;6H,1-4H3,(H,16,17);12H2,1-4H3,(H,13,14);2H2,1H3;1H4. The molecule has 0 aliphatic rings. The zero-order valence-corrected chi connectivity index (χ0v) is 34.8. The summed E-state index contributed by atoms with van der Waals surface area (Å²) in [5.74, 6) is -1.29. The van der Waals surface area contributed by atoms with Crippen molar-refractivity contribution >= 4 is 40.6 Å². The molecule has 1 heterocycles. The van der Waals surface area contributed by atoms with Gasteiger partial charge >= 0.3 is 11.9 Å². The van der Waals surface area contributed by atoms with Gasteiger partial charge in [-0.3, -0.25) is 4.79 Å². The number of aromatic amines is 1. The van der Waals surface area contributed by atoms with Crippen molar-refractivity contribution in [2.45, 2.75) is 104 Å². The van der Waals surface area contributed by atoms with Gasteiger partial charge in [0.2, 0.25) is 5.43 Å². The lowest BCUT2D eigenvalue weighted by molar-refractivity contribution is 0.0599. The van der Waals surface area contributed by atoms with Gasteiger partial charge in [-0.15, -0.1) is 0 Å². The Hall–Kier alpha value is -5.94. The van der Waals surface area contributed by atoms with Gasteiger partial charge in [-0.25, -0.2) is 14.6 Å². The minimum atomic E-state index is -0.953. The number of hydrogen-bond acceptors (Lipinski definition) is 8. The number of benzene rings is 3. The zero-order chi connectivity index (χ0) is 41.9. The molecular formula is C44H60N6O5. The van der Waals surface area contributed by atoms with E-state index in [4.69, 9.17) is 26.1 Å². The Morgan fingerprint density at radius 1 is 0.800 bits per heavy atom. The van der Waals surface area contributed by atoms with Gasteiger partial charge in [-0.05, 0) is 150 Å². The summed E-state index contributed by atoms with van der Waals surface area (Å²) in [6.07, 6.45) is 3.81. The number of nitrogens with zero attached hydrogens (tertiary/aromatic N) is 4. The van der Waals surface area contributed by atoms with Crippen LogP contribution >= 0.6 is 0 Å². The minimum Gasteiger partial charge on any atom is -0.478 e. The lowest BCUT2D eigenvalue weighted by atomic mass is 9.92. The molecule has 11 heteroatoms. The van der Waals surface area contributed by atoms with Crippen molar-refractivity contribution in [1.29, 1.82) is 10.5 Å². The van der Waals surface area contributed by atoms with Crippen molar-refractivity contribution in [2.75, 3.05) is 26.9 Å². The number of nitrogens with two attached hydrogens (primary N) is 1. The van der Waals surface area contributed by atoms with Crippen LogP contribution in [0, 0.1) is 106 Å². The quantitative estimate of drug-likeness (QED) is 0.0790. The number of aromatic nitrogens is 1. The van der Waals surface area contributed by atoms with Crippen LogP contribution in [0.3, 0.4) is 0 Å². The molecule has 0 spiro atoms. The summed E-state index contributed by atoms with van der Waals surface area (Å²) < 4.78 is 4.89. The number of fused-ring (bicyclic) bond motifs is 1. The highest BCUT2D eigenvalue weighted by molar-refractivity contribution is 5.99. The van der Waals surface area contributed by atoms with Crippen molar-refractivity contribution in [2.24, 2.45) is 4.99 Å². The number of aryl methyl sites for hydroxylation is 2. The number of aromatic carboxylic acids is 1. The molecule has 11 nitrogen and oxygen atoms in total. The van der Waals surface area contributed by atoms with Crippen molar-refractivity contribution in [3.05, 3.63) is 99.9 Å². The van der Waals surface area contributed by atoms with Crippen molar-refractivity contribution < 1.29 is 19.4 Å². The van der Waals surface area contributed by atoms with Gasteiger partial charge in [0.25, 0.3) is 0 Å². The first-order valence-electron chi connectivity index (χ1n) is 17.5. The summed E-state index contributed by atoms with van der Waals surface area (Å²) in [5, 5.41) is 26.2. The number of carboxylic acid groups (broad SMARTS) is 1. The highest BCUT2D eigenvalue weighted by Crippen LogP contribution is 2.33. The first-order valence-corrected chi connectivity index (χ1v) is 17.5. The third-order valence-corrected chi connectivity index (χ3v) is 10.2. The second-order valence-electron chi connectivity index (χ2n) is 13.4. The molecule has 1 aromatic heterocycles. The number of rotatable bonds is 4. The molecular weight excluding hydrogens is 693 g/mol. The van der Waals surface area contributed by atoms with Crippen LogP contribution in [0.25, 0.3) is 10.9 Å². The van der Waals surface area contributed by atoms with Gasteiger partial charge in [0.15, 0.2) is 0 Å². The predicted molar refractivity (Wildman–Crippen MR) is 226 cm³/mol. The summed E-state index contributed by atoms with van der Waals surface area (Å²) in [4.78, 5) is 44.5. The van der Waals surface area contributed by atoms with E-state index in [-0.39, 0.29) is 30.0 Å². The number of hydrogen-bond donors (Lipinski definition) is 3. The monoisotopic (exact) mass is 752 g/mol. The Morgan fingerprint density at radius 3 is 1.67 bits per heavy atom. The number of carbonyl (C=O) groups excluding carboxylic acids is 1. The fraction of sp³-hybridized carbons (Fsp3) is 0.409. The van der Waals surface area contributed by atoms with Crippen LogP contribution in [0.15, 0.2) is 16.0 Å². The topological polar surface area (TPSA) is 186 Å². The van der Waals surface area contributed by atoms with E-state index in [1.807, 2.05) is 114 Å². The molecule has 0 fully saturated rings. The summed E-state index contributed by atoms with van der Waals surface area (Å²) in [7, 11) is 5.18. The highest BCUT2D eigenvalue weighted by atomic mass is 16.5. The van der Waals surface area contributed by atoms with E-state index in [2.05, 4.69) is 9.98 Å². The lowest BCUT2D eigenvalue weighted by Crippen LogP contribution is -2.11. The molecule has 0 bridgehead atoms. The Balaban J connectivity index is 0.000000757. The molecule has 0 saturated heterocycles. The molecule has 4 N–H and O–H groups in total. The first kappa shape index (κ1) is 49.1. The molecule has 0 aliphatic heterocycles. The third kappa shape index (κ3) is 10.8. The van der Waals surface area contributed by atoms with Crippen LogP contribution in [0.5, 0.6) is 0 Å². The van der Waals surface area contributed by atoms with Crippen LogP contribution in [0.1, 0.15) is 114 Å². The smallest absolute Gasteiger partial charge is 0.340 e. The molecule has 0 saturated carbocycles. The van der Waals surface area contributed by atoms with Gasteiger partial charge in [0.05, 0.1) is 47.2 Å². The molecule has 4 rings (SSSR count). The van der Waals surface area contributed by atoms with Gasteiger partial charge in [-0.1, -0.05) is 14.4 Å². The number of pyridine rings is 1. The van der Waals surface area contributed by atoms with Gasteiger partial charge in [0.1, 0.15) is 11.6 Å². The van der Waals surface area contributed by atoms with E-state index in [0.29, 0.717) is 28.7 Å². The van der Waals surface area contributed by atoms with Gasteiger partial charge < -0.3 is 25.5 Å². The van der Waals surface area contributed by atoms with E-state index in [0.717, 1.165) is 66.7 Å². The third-order valence-electron chi connectivity index (χ3n) is 10.2. The molecule has 296 valence electrons. The maximum Gasteiger partial charge on any atom is 0.340 e. The molecule has 4 aromatic rings. The minimum absolute atomic E-state index is 0. The molecule has 55 heavy (non-hydrogen) atoms. The second kappa shape index (κ2) is 21.1. The van der Waals surface area contributed by atoms with E-state index in [1.165, 1.54) is 18.9 Å². The first-order chi connectivity index (χ1) is 25.1. The fourth-order valence-electron chi connectivity index (χ4n) is 5.80. The van der Waals surface area contributed by atoms with Crippen LogP contribution in [-0.2, 0) is 4.74 Å². The number of carbonyl (C=O) groups is 2. The van der Waals surface area contributed by atoms with E-state index < -0.39 is 5.97 Å². The number of ether oxygens (including phenoxy) is 1. The molecule has 0 amide bonds. The number of anilines is 1. The van der Waals surface area contributed by atoms with Crippen molar-refractivity contribution in [3.8, 4) is 12.1 Å². The number of nitriles is 2.